The molecule has 0 spiro atoms. The van der Waals surface area contributed by atoms with E-state index < -0.39 is 12.1 Å². The molecule has 8 heteroatoms. The quantitative estimate of drug-likeness (QED) is 0.295. The third kappa shape index (κ3) is 4.49. The zero-order valence-electron chi connectivity index (χ0n) is 16.3. The lowest BCUT2D eigenvalue weighted by Crippen LogP contribution is -2.41. The van der Waals surface area contributed by atoms with Crippen LogP contribution < -0.4 is 10.6 Å². The predicted molar refractivity (Wildman–Crippen MR) is 116 cm³/mol. The van der Waals surface area contributed by atoms with Crippen molar-refractivity contribution < 1.29 is 14.4 Å². The van der Waals surface area contributed by atoms with Crippen LogP contribution >= 0.6 is 11.8 Å². The van der Waals surface area contributed by atoms with E-state index in [0.717, 1.165) is 26.3 Å². The first-order valence-electron chi connectivity index (χ1n) is 9.73. The molecule has 0 bridgehead atoms. The normalized spacial score (nSPS) is 16.1. The molecule has 3 aromatic rings. The highest BCUT2D eigenvalue weighted by molar-refractivity contribution is 7.99. The smallest absolute Gasteiger partial charge is 0.325 e. The Labute approximate surface area is 178 Å². The van der Waals surface area contributed by atoms with Crippen LogP contribution in [0, 0.1) is 0 Å². The van der Waals surface area contributed by atoms with Crippen molar-refractivity contribution in [1.82, 2.24) is 20.5 Å². The number of para-hydroxylation sites is 1. The SMILES string of the molecule is O=C(CN1C(=O)NC(Cc2c[nH]c3ccccc23)C1=O)NCCSc1ccccc1. The number of hydrogen-bond acceptors (Lipinski definition) is 4. The standard InChI is InChI=1S/C22H22N4O3S/c27-20(23-10-11-30-16-6-2-1-3-7-16)14-26-21(28)19(25-22(26)29)12-15-13-24-18-9-5-4-8-17(15)18/h1-9,13,19,24H,10-12,14H2,(H,23,27)(H,25,29). The van der Waals surface area contributed by atoms with Crippen LogP contribution in [0.15, 0.2) is 65.7 Å². The summed E-state index contributed by atoms with van der Waals surface area (Å²) in [7, 11) is 0. The lowest BCUT2D eigenvalue weighted by Gasteiger charge is -2.13. The van der Waals surface area contributed by atoms with Gasteiger partial charge in [-0.05, 0) is 23.8 Å². The van der Waals surface area contributed by atoms with Gasteiger partial charge in [0.25, 0.3) is 5.91 Å². The molecule has 1 aliphatic heterocycles. The number of carbonyl (C=O) groups is 3. The second-order valence-electron chi connectivity index (χ2n) is 7.00. The molecule has 2 aromatic carbocycles. The monoisotopic (exact) mass is 422 g/mol. The van der Waals surface area contributed by atoms with Crippen LogP contribution in [-0.2, 0) is 16.0 Å². The molecule has 1 saturated heterocycles. The molecule has 30 heavy (non-hydrogen) atoms. The molecule has 1 unspecified atom stereocenters. The Hall–Kier alpha value is -3.26. The van der Waals surface area contributed by atoms with E-state index in [9.17, 15) is 14.4 Å². The summed E-state index contributed by atoms with van der Waals surface area (Å²) < 4.78 is 0. The van der Waals surface area contributed by atoms with Crippen LogP contribution in [0.3, 0.4) is 0 Å². The minimum atomic E-state index is -0.668. The summed E-state index contributed by atoms with van der Waals surface area (Å²) in [6, 6.07) is 16.5. The van der Waals surface area contributed by atoms with Crippen LogP contribution in [0.5, 0.6) is 0 Å². The Balaban J connectivity index is 1.28. The van der Waals surface area contributed by atoms with Gasteiger partial charge in [0.2, 0.25) is 5.91 Å². The molecule has 2 heterocycles. The molecule has 1 fully saturated rings. The van der Waals surface area contributed by atoms with Crippen molar-refractivity contribution in [3.05, 3.63) is 66.4 Å². The second-order valence-corrected chi connectivity index (χ2v) is 8.17. The number of rotatable bonds is 8. The largest absolute Gasteiger partial charge is 0.361 e. The molecular formula is C22H22N4O3S. The summed E-state index contributed by atoms with van der Waals surface area (Å²) in [5, 5.41) is 6.48. The van der Waals surface area contributed by atoms with Crippen molar-refractivity contribution in [2.45, 2.75) is 17.4 Å². The summed E-state index contributed by atoms with van der Waals surface area (Å²) in [6.45, 7) is 0.186. The second kappa shape index (κ2) is 9.04. The van der Waals surface area contributed by atoms with Gasteiger partial charge < -0.3 is 15.6 Å². The molecule has 0 radical (unpaired) electrons. The Kier molecular flexibility index (Phi) is 6.04. The number of nitrogens with zero attached hydrogens (tertiary/aromatic N) is 1. The number of urea groups is 1. The summed E-state index contributed by atoms with van der Waals surface area (Å²) >= 11 is 1.63. The van der Waals surface area contributed by atoms with Crippen molar-refractivity contribution in [2.75, 3.05) is 18.8 Å². The van der Waals surface area contributed by atoms with Gasteiger partial charge in [0.15, 0.2) is 0 Å². The third-order valence-corrected chi connectivity index (χ3v) is 5.96. The summed E-state index contributed by atoms with van der Waals surface area (Å²) in [4.78, 5) is 42.4. The number of hydrogen-bond donors (Lipinski definition) is 3. The first-order valence-corrected chi connectivity index (χ1v) is 10.7. The number of thioether (sulfide) groups is 1. The fourth-order valence-corrected chi connectivity index (χ4v) is 4.25. The van der Waals surface area contributed by atoms with E-state index in [1.807, 2.05) is 60.8 Å². The number of carbonyl (C=O) groups excluding carboxylic acids is 3. The summed E-state index contributed by atoms with van der Waals surface area (Å²) in [6.07, 6.45) is 2.23. The number of benzene rings is 2. The van der Waals surface area contributed by atoms with Crippen LogP contribution in [0.1, 0.15) is 5.56 Å². The Morgan fingerprint density at radius 3 is 2.67 bits per heavy atom. The molecule has 4 amide bonds. The molecule has 1 aromatic heterocycles. The average molecular weight is 423 g/mol. The van der Waals surface area contributed by atoms with Crippen molar-refractivity contribution in [1.29, 1.82) is 0 Å². The predicted octanol–water partition coefficient (Wildman–Crippen LogP) is 2.54. The zero-order valence-corrected chi connectivity index (χ0v) is 17.1. The van der Waals surface area contributed by atoms with Gasteiger partial charge in [-0.2, -0.15) is 0 Å². The number of aromatic amines is 1. The van der Waals surface area contributed by atoms with Gasteiger partial charge in [0, 0.05) is 40.7 Å². The van der Waals surface area contributed by atoms with E-state index >= 15 is 0 Å². The Morgan fingerprint density at radius 2 is 1.83 bits per heavy atom. The minimum Gasteiger partial charge on any atom is -0.361 e. The molecule has 154 valence electrons. The van der Waals surface area contributed by atoms with Gasteiger partial charge in [0.1, 0.15) is 12.6 Å². The van der Waals surface area contributed by atoms with Crippen LogP contribution in [0.4, 0.5) is 4.79 Å². The van der Waals surface area contributed by atoms with E-state index in [-0.39, 0.29) is 18.4 Å². The molecular weight excluding hydrogens is 400 g/mol. The number of fused-ring (bicyclic) bond motifs is 1. The van der Waals surface area contributed by atoms with E-state index in [2.05, 4.69) is 15.6 Å². The molecule has 0 aliphatic carbocycles. The lowest BCUT2D eigenvalue weighted by molar-refractivity contribution is -0.132. The minimum absolute atomic E-state index is 0.273. The van der Waals surface area contributed by atoms with Crippen LogP contribution in [0.2, 0.25) is 0 Å². The van der Waals surface area contributed by atoms with Crippen molar-refractivity contribution >= 4 is 40.5 Å². The third-order valence-electron chi connectivity index (χ3n) is 4.94. The maximum absolute atomic E-state index is 12.7. The maximum atomic E-state index is 12.7. The van der Waals surface area contributed by atoms with Gasteiger partial charge in [-0.25, -0.2) is 4.79 Å². The highest BCUT2D eigenvalue weighted by atomic mass is 32.2. The fraction of sp³-hybridized carbons (Fsp3) is 0.227. The molecule has 3 N–H and O–H groups in total. The lowest BCUT2D eigenvalue weighted by atomic mass is 10.1. The summed E-state index contributed by atoms with van der Waals surface area (Å²) in [5.41, 5.74) is 1.93. The van der Waals surface area contributed by atoms with Gasteiger partial charge in [0.05, 0.1) is 0 Å². The van der Waals surface area contributed by atoms with Crippen molar-refractivity contribution in [2.24, 2.45) is 0 Å². The van der Waals surface area contributed by atoms with Crippen LogP contribution in [-0.4, -0.2) is 52.6 Å². The van der Waals surface area contributed by atoms with Crippen LogP contribution in [0.25, 0.3) is 10.9 Å². The fourth-order valence-electron chi connectivity index (χ4n) is 3.46. The number of nitrogens with one attached hydrogen (secondary N) is 3. The van der Waals surface area contributed by atoms with Gasteiger partial charge in [-0.3, -0.25) is 14.5 Å². The van der Waals surface area contributed by atoms with Crippen molar-refractivity contribution in [3.63, 3.8) is 0 Å². The maximum Gasteiger partial charge on any atom is 0.325 e. The highest BCUT2D eigenvalue weighted by Gasteiger charge is 2.39. The average Bonchev–Trinajstić information content (AvgIpc) is 3.28. The Morgan fingerprint density at radius 1 is 1.07 bits per heavy atom. The molecule has 0 saturated carbocycles. The molecule has 7 nitrogen and oxygen atoms in total. The van der Waals surface area contributed by atoms with Gasteiger partial charge >= 0.3 is 6.03 Å². The molecule has 1 aliphatic rings. The van der Waals surface area contributed by atoms with E-state index in [4.69, 9.17) is 0 Å². The van der Waals surface area contributed by atoms with Crippen molar-refractivity contribution in [3.8, 4) is 0 Å². The number of H-pyrrole nitrogens is 1. The van der Waals surface area contributed by atoms with E-state index in [0.29, 0.717) is 18.7 Å². The molecule has 1 atom stereocenters. The first kappa shape index (κ1) is 20.0. The van der Waals surface area contributed by atoms with E-state index in [1.165, 1.54) is 0 Å². The number of imide groups is 1. The number of aromatic nitrogens is 1. The first-order chi connectivity index (χ1) is 14.6. The van der Waals surface area contributed by atoms with E-state index in [1.54, 1.807) is 11.8 Å². The topological polar surface area (TPSA) is 94.3 Å². The molecule has 4 rings (SSSR count). The summed E-state index contributed by atoms with van der Waals surface area (Å²) in [5.74, 6) is -0.0157. The van der Waals surface area contributed by atoms with Gasteiger partial charge in [-0.15, -0.1) is 11.8 Å². The highest BCUT2D eigenvalue weighted by Crippen LogP contribution is 2.21. The van der Waals surface area contributed by atoms with Gasteiger partial charge in [-0.1, -0.05) is 36.4 Å². The Bertz CT molecular complexity index is 1070. The number of amides is 4. The zero-order chi connectivity index (χ0) is 20.9.